The summed E-state index contributed by atoms with van der Waals surface area (Å²) in [7, 11) is 0. The van der Waals surface area contributed by atoms with E-state index in [0.717, 1.165) is 30.8 Å². The molecule has 1 aliphatic rings. The van der Waals surface area contributed by atoms with E-state index in [2.05, 4.69) is 10.3 Å². The van der Waals surface area contributed by atoms with E-state index in [4.69, 9.17) is 17.3 Å². The third-order valence-electron chi connectivity index (χ3n) is 3.46. The number of nitrogens with two attached hydrogens (primary N) is 1. The maximum Gasteiger partial charge on any atom is 0.237 e. The molecule has 0 aromatic carbocycles. The van der Waals surface area contributed by atoms with Crippen LogP contribution in [0.4, 0.5) is 0 Å². The van der Waals surface area contributed by atoms with Crippen molar-refractivity contribution in [1.82, 2.24) is 10.3 Å². The number of nitrogens with zero attached hydrogens (tertiary/aromatic N) is 1. The van der Waals surface area contributed by atoms with E-state index >= 15 is 0 Å². The van der Waals surface area contributed by atoms with E-state index < -0.39 is 5.54 Å². The van der Waals surface area contributed by atoms with E-state index in [-0.39, 0.29) is 5.91 Å². The molecule has 1 aliphatic carbocycles. The summed E-state index contributed by atoms with van der Waals surface area (Å²) in [5.41, 5.74) is 4.99. The Morgan fingerprint density at radius 2 is 2.53 bits per heavy atom. The molecule has 0 spiro atoms. The molecule has 6 heteroatoms. The number of thioether (sulfide) groups is 1. The van der Waals surface area contributed by atoms with E-state index in [1.807, 2.05) is 19.1 Å². The van der Waals surface area contributed by atoms with Crippen molar-refractivity contribution in [2.24, 2.45) is 5.73 Å². The summed E-state index contributed by atoms with van der Waals surface area (Å²) < 4.78 is 0. The molecule has 0 radical (unpaired) electrons. The predicted octanol–water partition coefficient (Wildman–Crippen LogP) is 2.21. The molecule has 1 aromatic heterocycles. The van der Waals surface area contributed by atoms with Gasteiger partial charge in [-0.15, -0.1) is 11.8 Å². The Bertz CT molecular complexity index is 471. The van der Waals surface area contributed by atoms with Crippen LogP contribution < -0.4 is 11.1 Å². The summed E-state index contributed by atoms with van der Waals surface area (Å²) in [5, 5.41) is 5.05. The quantitative estimate of drug-likeness (QED) is 0.875. The molecular formula is C13H18ClN3OS. The van der Waals surface area contributed by atoms with Crippen LogP contribution in [0.15, 0.2) is 23.4 Å². The Morgan fingerprint density at radius 1 is 1.74 bits per heavy atom. The number of likely N-dealkylation sites (N-methyl/N-ethyl adjacent to an activating group) is 1. The zero-order valence-corrected chi connectivity index (χ0v) is 12.4. The minimum Gasteiger partial charge on any atom is -0.368 e. The lowest BCUT2D eigenvalue weighted by atomic mass is 9.97. The fraction of sp³-hybridized carbons (Fsp3) is 0.538. The van der Waals surface area contributed by atoms with Crippen LogP contribution in [0, 0.1) is 0 Å². The number of rotatable bonds is 5. The second kappa shape index (κ2) is 6.11. The highest BCUT2D eigenvalue weighted by Crippen LogP contribution is 2.41. The van der Waals surface area contributed by atoms with Crippen LogP contribution in [0.3, 0.4) is 0 Å². The molecule has 1 heterocycles. The number of hydrogen-bond donors (Lipinski definition) is 2. The van der Waals surface area contributed by atoms with Crippen LogP contribution in [0.5, 0.6) is 0 Å². The van der Waals surface area contributed by atoms with E-state index in [1.54, 1.807) is 18.0 Å². The van der Waals surface area contributed by atoms with E-state index in [0.29, 0.717) is 10.3 Å². The Balaban J connectivity index is 2.06. The zero-order chi connectivity index (χ0) is 13.9. The number of nitrogens with one attached hydrogen (secondary N) is 1. The molecule has 2 atom stereocenters. The Morgan fingerprint density at radius 3 is 3.16 bits per heavy atom. The lowest BCUT2D eigenvalue weighted by molar-refractivity contribution is -0.124. The van der Waals surface area contributed by atoms with Crippen molar-refractivity contribution in [3.8, 4) is 0 Å². The lowest BCUT2D eigenvalue weighted by Crippen LogP contribution is -2.53. The Kier molecular flexibility index (Phi) is 4.71. The van der Waals surface area contributed by atoms with Gasteiger partial charge < -0.3 is 11.1 Å². The molecular weight excluding hydrogens is 282 g/mol. The van der Waals surface area contributed by atoms with Crippen LogP contribution in [-0.4, -0.2) is 28.2 Å². The minimum atomic E-state index is -0.562. The summed E-state index contributed by atoms with van der Waals surface area (Å²) >= 11 is 7.74. The largest absolute Gasteiger partial charge is 0.368 e. The molecule has 104 valence electrons. The third kappa shape index (κ3) is 3.22. The van der Waals surface area contributed by atoms with Gasteiger partial charge in [0.05, 0.1) is 10.6 Å². The summed E-state index contributed by atoms with van der Waals surface area (Å²) in [4.78, 5) is 16.0. The van der Waals surface area contributed by atoms with Crippen LogP contribution in [-0.2, 0) is 4.79 Å². The highest BCUT2D eigenvalue weighted by Gasteiger charge is 2.43. The maximum atomic E-state index is 11.7. The number of carbonyl (C=O) groups is 1. The first-order valence-corrected chi connectivity index (χ1v) is 7.65. The lowest BCUT2D eigenvalue weighted by Gasteiger charge is -2.26. The molecule has 2 rings (SSSR count). The van der Waals surface area contributed by atoms with E-state index in [9.17, 15) is 4.79 Å². The molecule has 1 fully saturated rings. The molecule has 0 saturated heterocycles. The smallest absolute Gasteiger partial charge is 0.237 e. The second-order valence-corrected chi connectivity index (χ2v) is 6.45. The van der Waals surface area contributed by atoms with Crippen molar-refractivity contribution >= 4 is 29.3 Å². The SMILES string of the molecule is CCNC1(C(N)=O)CCC(Sc2ncccc2Cl)C1. The molecule has 0 aliphatic heterocycles. The van der Waals surface area contributed by atoms with Gasteiger partial charge in [0.15, 0.2) is 0 Å². The average Bonchev–Trinajstić information content (AvgIpc) is 2.77. The highest BCUT2D eigenvalue weighted by atomic mass is 35.5. The highest BCUT2D eigenvalue weighted by molar-refractivity contribution is 8.00. The van der Waals surface area contributed by atoms with Crippen LogP contribution >= 0.6 is 23.4 Å². The maximum absolute atomic E-state index is 11.7. The number of amides is 1. The first kappa shape index (κ1) is 14.6. The molecule has 0 bridgehead atoms. The van der Waals surface area contributed by atoms with Gasteiger partial charge in [-0.3, -0.25) is 4.79 Å². The fourth-order valence-electron chi connectivity index (χ4n) is 2.53. The number of hydrogen-bond acceptors (Lipinski definition) is 4. The Labute approximate surface area is 122 Å². The first-order valence-electron chi connectivity index (χ1n) is 6.39. The number of halogens is 1. The normalized spacial score (nSPS) is 26.5. The predicted molar refractivity (Wildman–Crippen MR) is 78.3 cm³/mol. The van der Waals surface area contributed by atoms with Gasteiger partial charge in [0.25, 0.3) is 0 Å². The van der Waals surface area contributed by atoms with E-state index in [1.165, 1.54) is 0 Å². The fourth-order valence-corrected chi connectivity index (χ4v) is 4.00. The van der Waals surface area contributed by atoms with Gasteiger partial charge >= 0.3 is 0 Å². The molecule has 1 saturated carbocycles. The number of primary amides is 1. The average molecular weight is 300 g/mol. The van der Waals surface area contributed by atoms with Crippen molar-refractivity contribution in [2.45, 2.75) is 42.0 Å². The van der Waals surface area contributed by atoms with Gasteiger partial charge in [-0.2, -0.15) is 0 Å². The number of carbonyl (C=O) groups excluding carboxylic acids is 1. The molecule has 4 nitrogen and oxygen atoms in total. The minimum absolute atomic E-state index is 0.260. The molecule has 1 aromatic rings. The summed E-state index contributed by atoms with van der Waals surface area (Å²) in [6.45, 7) is 2.73. The topological polar surface area (TPSA) is 68.0 Å². The van der Waals surface area contributed by atoms with Crippen LogP contribution in [0.1, 0.15) is 26.2 Å². The third-order valence-corrected chi connectivity index (χ3v) is 5.16. The van der Waals surface area contributed by atoms with Crippen molar-refractivity contribution in [3.63, 3.8) is 0 Å². The van der Waals surface area contributed by atoms with Gasteiger partial charge in [-0.25, -0.2) is 4.98 Å². The van der Waals surface area contributed by atoms with Gasteiger partial charge in [0.1, 0.15) is 5.03 Å². The first-order chi connectivity index (χ1) is 9.07. The standard InChI is InChI=1S/C13H18ClN3OS/c1-2-17-13(12(15)18)6-5-9(8-13)19-11-10(14)4-3-7-16-11/h3-4,7,9,17H,2,5-6,8H2,1H3,(H2,15,18). The Hall–Kier alpha value is -0.780. The molecule has 3 N–H and O–H groups in total. The van der Waals surface area contributed by atoms with Crippen LogP contribution in [0.25, 0.3) is 0 Å². The molecule has 1 amide bonds. The monoisotopic (exact) mass is 299 g/mol. The summed E-state index contributed by atoms with van der Waals surface area (Å²) in [6.07, 6.45) is 4.17. The number of aromatic nitrogens is 1. The van der Waals surface area contributed by atoms with Crippen molar-refractivity contribution < 1.29 is 4.79 Å². The summed E-state index contributed by atoms with van der Waals surface area (Å²) in [6, 6.07) is 3.64. The molecule has 2 unspecified atom stereocenters. The molecule has 19 heavy (non-hydrogen) atoms. The second-order valence-electron chi connectivity index (χ2n) is 4.75. The van der Waals surface area contributed by atoms with Gasteiger partial charge in [-0.1, -0.05) is 18.5 Å². The zero-order valence-electron chi connectivity index (χ0n) is 10.9. The summed E-state index contributed by atoms with van der Waals surface area (Å²) in [5.74, 6) is -0.260. The van der Waals surface area contributed by atoms with Crippen LogP contribution in [0.2, 0.25) is 5.02 Å². The van der Waals surface area contributed by atoms with Gasteiger partial charge in [0.2, 0.25) is 5.91 Å². The van der Waals surface area contributed by atoms with Gasteiger partial charge in [0, 0.05) is 11.4 Å². The van der Waals surface area contributed by atoms with Gasteiger partial charge in [-0.05, 0) is 37.9 Å². The number of pyridine rings is 1. The van der Waals surface area contributed by atoms with Crippen molar-refractivity contribution in [1.29, 1.82) is 0 Å². The van der Waals surface area contributed by atoms with Crippen molar-refractivity contribution in [2.75, 3.05) is 6.54 Å². The van der Waals surface area contributed by atoms with Crippen molar-refractivity contribution in [3.05, 3.63) is 23.4 Å².